The predicted octanol–water partition coefficient (Wildman–Crippen LogP) is 3.80. The van der Waals surface area contributed by atoms with Crippen LogP contribution in [0.25, 0.3) is 0 Å². The largest absolute Gasteiger partial charge is 0.352 e. The number of piperidine rings is 1. The maximum absolute atomic E-state index is 12.4. The van der Waals surface area contributed by atoms with E-state index in [2.05, 4.69) is 62.7 Å². The Balaban J connectivity index is 0.00000385. The highest BCUT2D eigenvalue weighted by molar-refractivity contribution is 14.0. The van der Waals surface area contributed by atoms with E-state index < -0.39 is 0 Å². The number of nitrogens with one attached hydrogen (secondary N) is 2. The van der Waals surface area contributed by atoms with Crippen LogP contribution in [0.3, 0.4) is 0 Å². The van der Waals surface area contributed by atoms with Crippen molar-refractivity contribution in [2.45, 2.75) is 25.8 Å². The average Bonchev–Trinajstić information content (AvgIpc) is 2.80. The number of guanidine groups is 1. The maximum atomic E-state index is 12.4. The molecule has 2 atom stereocenters. The first-order chi connectivity index (χ1) is 15.5. The maximum Gasteiger partial charge on any atom is 0.251 e. The van der Waals surface area contributed by atoms with Crippen LogP contribution in [0.1, 0.15) is 40.7 Å². The molecule has 1 saturated heterocycles. The van der Waals surface area contributed by atoms with Gasteiger partial charge in [-0.3, -0.25) is 9.79 Å². The zero-order valence-corrected chi connectivity index (χ0v) is 22.6. The molecule has 0 radical (unpaired) electrons. The van der Waals surface area contributed by atoms with E-state index in [9.17, 15) is 4.79 Å². The summed E-state index contributed by atoms with van der Waals surface area (Å²) in [5.41, 5.74) is 3.19. The van der Waals surface area contributed by atoms with Gasteiger partial charge in [0.1, 0.15) is 0 Å². The Kier molecular flexibility index (Phi) is 11.1. The summed E-state index contributed by atoms with van der Waals surface area (Å²) in [6.45, 7) is 6.39. The Labute approximate surface area is 215 Å². The molecule has 1 aliphatic heterocycles. The highest BCUT2D eigenvalue weighted by Crippen LogP contribution is 2.32. The Bertz CT molecular complexity index is 903. The van der Waals surface area contributed by atoms with Crippen LogP contribution in [-0.4, -0.2) is 69.0 Å². The molecule has 1 amide bonds. The van der Waals surface area contributed by atoms with E-state index in [4.69, 9.17) is 0 Å². The number of nitrogens with zero attached hydrogens (tertiary/aromatic N) is 3. The van der Waals surface area contributed by atoms with Crippen molar-refractivity contribution in [2.75, 3.05) is 47.3 Å². The summed E-state index contributed by atoms with van der Waals surface area (Å²) in [7, 11) is 5.83. The topological polar surface area (TPSA) is 60.0 Å². The third kappa shape index (κ3) is 7.99. The number of hydrogen-bond donors (Lipinski definition) is 2. The molecule has 0 aromatic heterocycles. The number of carbonyl (C=O) groups is 1. The van der Waals surface area contributed by atoms with Crippen molar-refractivity contribution < 1.29 is 4.79 Å². The fraction of sp³-hybridized carbons (Fsp3) is 0.462. The van der Waals surface area contributed by atoms with E-state index >= 15 is 0 Å². The van der Waals surface area contributed by atoms with Crippen molar-refractivity contribution in [3.63, 3.8) is 0 Å². The summed E-state index contributed by atoms with van der Waals surface area (Å²) in [6, 6.07) is 18.6. The zero-order chi connectivity index (χ0) is 22.9. The first-order valence-corrected chi connectivity index (χ1v) is 11.5. The number of likely N-dealkylation sites (tertiary alicyclic amines) is 1. The minimum Gasteiger partial charge on any atom is -0.352 e. The molecule has 0 aliphatic carbocycles. The van der Waals surface area contributed by atoms with Gasteiger partial charge in [0, 0.05) is 45.3 Å². The standard InChI is InChI=1S/C26H37N5O.HI/c1-20-19-31(15-13-24(20)22-10-6-5-7-11-22)26(27-2)29-18-21-9-8-12-23(17-21)25(32)28-14-16-30(3)4;/h5-12,17,20,24H,13-16,18-19H2,1-4H3,(H,27,29)(H,28,32);1H. The van der Waals surface area contributed by atoms with Crippen molar-refractivity contribution in [1.29, 1.82) is 0 Å². The minimum atomic E-state index is -0.0325. The fourth-order valence-corrected chi connectivity index (χ4v) is 4.36. The van der Waals surface area contributed by atoms with Gasteiger partial charge < -0.3 is 20.4 Å². The molecular formula is C26H38IN5O. The lowest BCUT2D eigenvalue weighted by molar-refractivity contribution is 0.0951. The van der Waals surface area contributed by atoms with Crippen LogP contribution in [0.2, 0.25) is 0 Å². The van der Waals surface area contributed by atoms with E-state index in [1.165, 1.54) is 5.56 Å². The second kappa shape index (κ2) is 13.5. The van der Waals surface area contributed by atoms with Crippen LogP contribution < -0.4 is 10.6 Å². The summed E-state index contributed by atoms with van der Waals surface area (Å²) >= 11 is 0. The van der Waals surface area contributed by atoms with Crippen LogP contribution in [0.4, 0.5) is 0 Å². The van der Waals surface area contributed by atoms with E-state index in [-0.39, 0.29) is 29.9 Å². The molecule has 1 heterocycles. The molecule has 3 rings (SSSR count). The molecule has 0 spiro atoms. The number of carbonyl (C=O) groups excluding carboxylic acids is 1. The number of amides is 1. The number of benzene rings is 2. The van der Waals surface area contributed by atoms with Gasteiger partial charge in [-0.1, -0.05) is 49.4 Å². The molecule has 33 heavy (non-hydrogen) atoms. The summed E-state index contributed by atoms with van der Waals surface area (Å²) in [6.07, 6.45) is 1.12. The molecule has 0 saturated carbocycles. The van der Waals surface area contributed by atoms with Gasteiger partial charge in [0.2, 0.25) is 0 Å². The molecule has 2 N–H and O–H groups in total. The number of rotatable bonds is 7. The van der Waals surface area contributed by atoms with E-state index in [1.807, 2.05) is 45.4 Å². The third-order valence-electron chi connectivity index (χ3n) is 6.13. The first kappa shape index (κ1) is 27.1. The highest BCUT2D eigenvalue weighted by atomic mass is 127. The SMILES string of the molecule is CN=C(NCc1cccc(C(=O)NCCN(C)C)c1)N1CCC(c2ccccc2)C(C)C1.I. The third-order valence-corrected chi connectivity index (χ3v) is 6.13. The predicted molar refractivity (Wildman–Crippen MR) is 147 cm³/mol. The van der Waals surface area contributed by atoms with Gasteiger partial charge in [0.15, 0.2) is 5.96 Å². The second-order valence-electron chi connectivity index (χ2n) is 8.89. The number of hydrogen-bond acceptors (Lipinski definition) is 3. The van der Waals surface area contributed by atoms with Crippen LogP contribution in [0, 0.1) is 5.92 Å². The summed E-state index contributed by atoms with van der Waals surface area (Å²) in [4.78, 5) is 21.3. The van der Waals surface area contributed by atoms with Gasteiger partial charge in [-0.05, 0) is 55.6 Å². The van der Waals surface area contributed by atoms with Crippen molar-refractivity contribution in [1.82, 2.24) is 20.4 Å². The zero-order valence-electron chi connectivity index (χ0n) is 20.3. The Morgan fingerprint density at radius 3 is 2.55 bits per heavy atom. The van der Waals surface area contributed by atoms with E-state index in [1.54, 1.807) is 0 Å². The fourth-order valence-electron chi connectivity index (χ4n) is 4.36. The van der Waals surface area contributed by atoms with Crippen molar-refractivity contribution in [2.24, 2.45) is 10.9 Å². The van der Waals surface area contributed by atoms with E-state index in [0.29, 0.717) is 30.5 Å². The summed E-state index contributed by atoms with van der Waals surface area (Å²) in [5, 5.41) is 6.47. The van der Waals surface area contributed by atoms with Crippen molar-refractivity contribution in [3.8, 4) is 0 Å². The average molecular weight is 564 g/mol. The minimum absolute atomic E-state index is 0. The van der Waals surface area contributed by atoms with E-state index in [0.717, 1.165) is 37.6 Å². The number of halogens is 1. The normalized spacial score (nSPS) is 18.6. The Morgan fingerprint density at radius 1 is 1.12 bits per heavy atom. The lowest BCUT2D eigenvalue weighted by Gasteiger charge is -2.39. The van der Waals surface area contributed by atoms with Gasteiger partial charge in [0.25, 0.3) is 5.91 Å². The highest BCUT2D eigenvalue weighted by Gasteiger charge is 2.28. The van der Waals surface area contributed by atoms with Gasteiger partial charge >= 0.3 is 0 Å². The summed E-state index contributed by atoms with van der Waals surface area (Å²) in [5.74, 6) is 2.03. The number of aliphatic imine (C=N–C) groups is 1. The molecule has 2 unspecified atom stereocenters. The molecule has 2 aromatic rings. The molecule has 6 nitrogen and oxygen atoms in total. The Morgan fingerprint density at radius 2 is 1.88 bits per heavy atom. The smallest absolute Gasteiger partial charge is 0.251 e. The van der Waals surface area contributed by atoms with Crippen molar-refractivity contribution in [3.05, 3.63) is 71.3 Å². The lowest BCUT2D eigenvalue weighted by atomic mass is 9.82. The van der Waals surface area contributed by atoms with Gasteiger partial charge in [-0.25, -0.2) is 0 Å². The van der Waals surface area contributed by atoms with Gasteiger partial charge in [-0.2, -0.15) is 0 Å². The summed E-state index contributed by atoms with van der Waals surface area (Å²) < 4.78 is 0. The molecule has 0 bridgehead atoms. The molecular weight excluding hydrogens is 525 g/mol. The van der Waals surface area contributed by atoms with Gasteiger partial charge in [0.05, 0.1) is 0 Å². The Hall–Kier alpha value is -2.13. The molecule has 2 aromatic carbocycles. The molecule has 1 fully saturated rings. The second-order valence-corrected chi connectivity index (χ2v) is 8.89. The van der Waals surface area contributed by atoms with Crippen LogP contribution in [0.15, 0.2) is 59.6 Å². The van der Waals surface area contributed by atoms with Crippen LogP contribution >= 0.6 is 24.0 Å². The number of likely N-dealkylation sites (N-methyl/N-ethyl adjacent to an activating group) is 1. The van der Waals surface area contributed by atoms with Crippen LogP contribution in [0.5, 0.6) is 0 Å². The molecule has 180 valence electrons. The van der Waals surface area contributed by atoms with Gasteiger partial charge in [-0.15, -0.1) is 24.0 Å². The van der Waals surface area contributed by atoms with Crippen molar-refractivity contribution >= 4 is 35.8 Å². The first-order valence-electron chi connectivity index (χ1n) is 11.5. The molecule has 7 heteroatoms. The monoisotopic (exact) mass is 563 g/mol. The quantitative estimate of drug-likeness (QED) is 0.306. The lowest BCUT2D eigenvalue weighted by Crippen LogP contribution is -2.47. The van der Waals surface area contributed by atoms with Crippen LogP contribution in [-0.2, 0) is 6.54 Å². The molecule has 1 aliphatic rings.